The Morgan fingerprint density at radius 2 is 1.71 bits per heavy atom. The highest BCUT2D eigenvalue weighted by Gasteiger charge is 2.85. The van der Waals surface area contributed by atoms with E-state index in [-0.39, 0.29) is 64.8 Å². The summed E-state index contributed by atoms with van der Waals surface area (Å²) in [6.07, 6.45) is 5.54. The van der Waals surface area contributed by atoms with Gasteiger partial charge < -0.3 is 38.6 Å². The van der Waals surface area contributed by atoms with Gasteiger partial charge in [0.2, 0.25) is 0 Å². The van der Waals surface area contributed by atoms with Gasteiger partial charge in [-0.3, -0.25) is 4.79 Å². The number of hydrogen-bond donors (Lipinski definition) is 2. The summed E-state index contributed by atoms with van der Waals surface area (Å²) in [5.41, 5.74) is -0.0176. The first kappa shape index (κ1) is 35.8. The molecule has 2 spiro atoms. The van der Waals surface area contributed by atoms with Crippen LogP contribution in [0, 0.1) is 50.7 Å². The van der Waals surface area contributed by atoms with Crippen LogP contribution < -0.4 is 0 Å². The lowest BCUT2D eigenvalue weighted by Crippen LogP contribution is -2.63. The van der Waals surface area contributed by atoms with Crippen LogP contribution in [0.2, 0.25) is 0 Å². The maximum Gasteiger partial charge on any atom is 0.330 e. The topological polar surface area (TPSA) is 130 Å². The van der Waals surface area contributed by atoms with Crippen molar-refractivity contribution in [2.24, 2.45) is 50.7 Å². The molecule has 7 fully saturated rings. The average Bonchev–Trinajstić information content (AvgIpc) is 3.60. The third kappa shape index (κ3) is 5.15. The van der Waals surface area contributed by atoms with Crippen molar-refractivity contribution >= 4 is 11.9 Å². The van der Waals surface area contributed by atoms with Gasteiger partial charge in [-0.2, -0.15) is 0 Å². The Morgan fingerprint density at radius 1 is 0.959 bits per heavy atom. The predicted octanol–water partition coefficient (Wildman–Crippen LogP) is 5.32. The Hall–Kier alpha value is -1.56. The number of aliphatic hydroxyl groups excluding tert-OH is 2. The van der Waals surface area contributed by atoms with Crippen LogP contribution in [0.25, 0.3) is 0 Å². The van der Waals surface area contributed by atoms with E-state index >= 15 is 0 Å². The van der Waals surface area contributed by atoms with Crippen LogP contribution in [0.5, 0.6) is 0 Å². The largest absolute Gasteiger partial charge is 0.462 e. The summed E-state index contributed by atoms with van der Waals surface area (Å²) in [6, 6.07) is 0. The number of carbonyl (C=O) groups is 2. The third-order valence-electron chi connectivity index (χ3n) is 15.5. The Labute approximate surface area is 291 Å². The van der Waals surface area contributed by atoms with Gasteiger partial charge in [-0.05, 0) is 104 Å². The third-order valence-corrected chi connectivity index (χ3v) is 15.5. The molecule has 5 aliphatic carbocycles. The highest BCUT2D eigenvalue weighted by atomic mass is 16.7. The molecular formula is C39H60O10. The molecule has 5 saturated carbocycles. The summed E-state index contributed by atoms with van der Waals surface area (Å²) in [5, 5.41) is 21.9. The number of ether oxygens (including phenoxy) is 6. The smallest absolute Gasteiger partial charge is 0.330 e. The maximum absolute atomic E-state index is 12.8. The minimum absolute atomic E-state index is 0.0372. The monoisotopic (exact) mass is 688 g/mol. The van der Waals surface area contributed by atoms with E-state index in [1.165, 1.54) is 25.8 Å². The summed E-state index contributed by atoms with van der Waals surface area (Å²) in [7, 11) is 0. The van der Waals surface area contributed by atoms with Gasteiger partial charge in [0.15, 0.2) is 18.7 Å². The zero-order valence-electron chi connectivity index (χ0n) is 30.8. The quantitative estimate of drug-likeness (QED) is 0.206. The molecule has 7 aliphatic rings. The minimum Gasteiger partial charge on any atom is -0.462 e. The van der Waals surface area contributed by atoms with Crippen molar-refractivity contribution in [1.29, 1.82) is 0 Å². The van der Waals surface area contributed by atoms with Crippen LogP contribution in [0.15, 0.2) is 12.2 Å². The second-order valence-corrected chi connectivity index (χ2v) is 17.9. The van der Waals surface area contributed by atoms with Crippen molar-refractivity contribution in [3.05, 3.63) is 12.2 Å². The van der Waals surface area contributed by atoms with Crippen molar-refractivity contribution in [3.8, 4) is 0 Å². The van der Waals surface area contributed by atoms with E-state index in [0.29, 0.717) is 24.4 Å². The number of esters is 2. The lowest BCUT2D eigenvalue weighted by atomic mass is 9.41. The van der Waals surface area contributed by atoms with E-state index < -0.39 is 36.0 Å². The lowest BCUT2D eigenvalue weighted by Gasteiger charge is -2.64. The van der Waals surface area contributed by atoms with E-state index in [4.69, 9.17) is 28.4 Å². The van der Waals surface area contributed by atoms with Crippen LogP contribution in [-0.2, 0) is 38.0 Å². The van der Waals surface area contributed by atoms with Gasteiger partial charge in [0, 0.05) is 31.9 Å². The lowest BCUT2D eigenvalue weighted by molar-refractivity contribution is -0.307. The molecule has 0 bridgehead atoms. The summed E-state index contributed by atoms with van der Waals surface area (Å²) in [5.74, 6) is 0.641. The molecule has 0 radical (unpaired) electrons. The SMILES string of the molecule is CC=CC(=O)OC1COC(OC2CCC34CC35CCC3(C)C6C(C)CC(OCC)OC6CC3(C)C5CC(OC(C)=O)C4C2(C)C)C(O)C1O. The first-order valence-electron chi connectivity index (χ1n) is 19.0. The Morgan fingerprint density at radius 3 is 2.41 bits per heavy atom. The molecule has 2 aliphatic heterocycles. The van der Waals surface area contributed by atoms with Crippen LogP contribution in [0.1, 0.15) is 107 Å². The van der Waals surface area contributed by atoms with E-state index in [1.54, 1.807) is 13.0 Å². The molecule has 49 heavy (non-hydrogen) atoms. The summed E-state index contributed by atoms with van der Waals surface area (Å²) < 4.78 is 36.9. The Balaban J connectivity index is 1.14. The van der Waals surface area contributed by atoms with E-state index in [9.17, 15) is 19.8 Å². The van der Waals surface area contributed by atoms with Gasteiger partial charge in [0.25, 0.3) is 0 Å². The van der Waals surface area contributed by atoms with E-state index in [2.05, 4.69) is 34.6 Å². The van der Waals surface area contributed by atoms with Crippen molar-refractivity contribution in [2.45, 2.75) is 156 Å². The second-order valence-electron chi connectivity index (χ2n) is 17.9. The van der Waals surface area contributed by atoms with Crippen molar-refractivity contribution in [2.75, 3.05) is 13.2 Å². The number of fused-ring (bicyclic) bond motifs is 4. The minimum atomic E-state index is -1.38. The van der Waals surface area contributed by atoms with Crippen molar-refractivity contribution < 1.29 is 48.2 Å². The zero-order valence-corrected chi connectivity index (χ0v) is 30.8. The molecule has 10 nitrogen and oxygen atoms in total. The maximum atomic E-state index is 12.8. The molecular weight excluding hydrogens is 628 g/mol. The predicted molar refractivity (Wildman–Crippen MR) is 179 cm³/mol. The van der Waals surface area contributed by atoms with E-state index in [0.717, 1.165) is 38.5 Å². The molecule has 16 atom stereocenters. The molecule has 0 aromatic carbocycles. The molecule has 2 saturated heterocycles. The summed E-state index contributed by atoms with van der Waals surface area (Å²) in [6.45, 7) is 17.8. The normalized spacial score (nSPS) is 52.6. The fraction of sp³-hybridized carbons (Fsp3) is 0.897. The highest BCUT2D eigenvalue weighted by Crippen LogP contribution is 2.89. The van der Waals surface area contributed by atoms with Gasteiger partial charge in [0.1, 0.15) is 18.3 Å². The fourth-order valence-corrected chi connectivity index (χ4v) is 13.6. The molecule has 0 aromatic heterocycles. The number of carbonyl (C=O) groups excluding carboxylic acids is 2. The second kappa shape index (κ2) is 12.3. The van der Waals surface area contributed by atoms with Crippen LogP contribution >= 0.6 is 0 Å². The molecule has 16 unspecified atom stereocenters. The zero-order chi connectivity index (χ0) is 35.3. The number of allylic oxidation sites excluding steroid dienone is 1. The molecule has 7 rings (SSSR count). The first-order chi connectivity index (χ1) is 23.1. The van der Waals surface area contributed by atoms with E-state index in [1.807, 2.05) is 6.92 Å². The standard InChI is InChI=1S/C39H60O10/c1-9-11-28(41)47-25-19-45-34(32(43)31(25)42)49-27-12-13-39-20-38(39)15-14-36(7)30-21(3)16-29(44-10-2)48-24(30)18-37(36,8)26(38)17-23(46-22(4)40)33(39)35(27,5)6/h9,11,21,23-27,29-34,42-43H,10,12-20H2,1-8H3. The van der Waals surface area contributed by atoms with Gasteiger partial charge in [0.05, 0.1) is 18.8 Å². The molecule has 0 aromatic rings. The summed E-state index contributed by atoms with van der Waals surface area (Å²) >= 11 is 0. The highest BCUT2D eigenvalue weighted by molar-refractivity contribution is 5.82. The Bertz CT molecular complexity index is 1330. The Kier molecular flexibility index (Phi) is 8.96. The first-order valence-corrected chi connectivity index (χ1v) is 19.0. The molecule has 276 valence electrons. The van der Waals surface area contributed by atoms with Crippen LogP contribution in [0.3, 0.4) is 0 Å². The summed E-state index contributed by atoms with van der Waals surface area (Å²) in [4.78, 5) is 24.8. The number of rotatable bonds is 7. The average molecular weight is 689 g/mol. The number of aliphatic hydroxyl groups is 2. The molecule has 2 heterocycles. The molecule has 10 heteroatoms. The van der Waals surface area contributed by atoms with Crippen LogP contribution in [-0.4, -0.2) is 84.6 Å². The van der Waals surface area contributed by atoms with Crippen molar-refractivity contribution in [1.82, 2.24) is 0 Å². The van der Waals surface area contributed by atoms with Gasteiger partial charge in [-0.1, -0.05) is 40.7 Å². The van der Waals surface area contributed by atoms with Gasteiger partial charge >= 0.3 is 11.9 Å². The van der Waals surface area contributed by atoms with Gasteiger partial charge in [-0.15, -0.1) is 0 Å². The number of hydrogen-bond acceptors (Lipinski definition) is 10. The molecule has 0 amide bonds. The fourth-order valence-electron chi connectivity index (χ4n) is 13.6. The van der Waals surface area contributed by atoms with Gasteiger partial charge in [-0.25, -0.2) is 4.79 Å². The van der Waals surface area contributed by atoms with Crippen LogP contribution in [0.4, 0.5) is 0 Å². The van der Waals surface area contributed by atoms with Crippen molar-refractivity contribution in [3.63, 3.8) is 0 Å². The molecule has 2 N–H and O–H groups in total.